The van der Waals surface area contributed by atoms with Crippen LogP contribution in [0.5, 0.6) is 11.6 Å². The molecule has 1 aromatic carbocycles. The van der Waals surface area contributed by atoms with Crippen LogP contribution in [0.4, 0.5) is 14.7 Å². The summed E-state index contributed by atoms with van der Waals surface area (Å²) in [6.45, 7) is 0. The number of hydrogen-bond donors (Lipinski definition) is 2. The number of nitrogens with zero attached hydrogens (tertiary/aromatic N) is 3. The first-order chi connectivity index (χ1) is 9.13. The van der Waals surface area contributed by atoms with Crippen LogP contribution in [0.2, 0.25) is 0 Å². The van der Waals surface area contributed by atoms with E-state index in [1.54, 1.807) is 0 Å². The molecule has 0 spiro atoms. The molecule has 6 nitrogen and oxygen atoms in total. The third kappa shape index (κ3) is 2.03. The van der Waals surface area contributed by atoms with Gasteiger partial charge in [0, 0.05) is 6.07 Å². The van der Waals surface area contributed by atoms with Crippen molar-refractivity contribution in [3.63, 3.8) is 0 Å². The molecular weight excluding hydrogens is 256 g/mol. The Morgan fingerprint density at radius 2 is 2.00 bits per heavy atom. The third-order valence-corrected chi connectivity index (χ3v) is 2.40. The fourth-order valence-electron chi connectivity index (χ4n) is 1.55. The summed E-state index contributed by atoms with van der Waals surface area (Å²) in [4.78, 5) is 7.79. The minimum Gasteiger partial charge on any atom is -0.438 e. The second-order valence-corrected chi connectivity index (χ2v) is 3.70. The number of benzene rings is 1. The molecule has 0 fully saturated rings. The Morgan fingerprint density at radius 3 is 2.79 bits per heavy atom. The van der Waals surface area contributed by atoms with E-state index in [1.807, 2.05) is 0 Å². The van der Waals surface area contributed by atoms with Gasteiger partial charge in [-0.15, -0.1) is 0 Å². The molecule has 3 N–H and O–H groups in total. The van der Waals surface area contributed by atoms with E-state index >= 15 is 0 Å². The summed E-state index contributed by atoms with van der Waals surface area (Å²) >= 11 is 0. The number of nitrogens with two attached hydrogens (primary N) is 1. The highest BCUT2D eigenvalue weighted by molar-refractivity contribution is 5.80. The van der Waals surface area contributed by atoms with Crippen LogP contribution < -0.4 is 10.5 Å². The molecule has 0 amide bonds. The number of nitrogen functional groups attached to an aromatic ring is 1. The lowest BCUT2D eigenvalue weighted by Gasteiger charge is -2.06. The van der Waals surface area contributed by atoms with Gasteiger partial charge >= 0.3 is 0 Å². The Morgan fingerprint density at radius 1 is 1.16 bits per heavy atom. The Balaban J connectivity index is 2.04. The van der Waals surface area contributed by atoms with Crippen molar-refractivity contribution in [2.24, 2.45) is 0 Å². The van der Waals surface area contributed by atoms with Gasteiger partial charge in [0.15, 0.2) is 17.3 Å². The summed E-state index contributed by atoms with van der Waals surface area (Å²) in [5.41, 5.74) is 5.90. The lowest BCUT2D eigenvalue weighted by molar-refractivity contribution is 0.452. The standard InChI is InChI=1S/C11H7F2N5O/c12-7-2-1-5(3-8(7)13)19-10-6-4-15-18-9(6)16-11(14)17-10/h1-4H,(H3,14,15,16,17,18). The van der Waals surface area contributed by atoms with Crippen LogP contribution in [0.1, 0.15) is 0 Å². The number of hydrogen-bond acceptors (Lipinski definition) is 5. The number of anilines is 1. The van der Waals surface area contributed by atoms with Gasteiger partial charge in [0.05, 0.1) is 6.20 Å². The van der Waals surface area contributed by atoms with E-state index in [9.17, 15) is 8.78 Å². The van der Waals surface area contributed by atoms with Crippen molar-refractivity contribution >= 4 is 17.0 Å². The molecule has 0 aliphatic rings. The summed E-state index contributed by atoms with van der Waals surface area (Å²) in [6, 6.07) is 3.16. The number of aromatic amines is 1. The van der Waals surface area contributed by atoms with E-state index in [-0.39, 0.29) is 17.6 Å². The largest absolute Gasteiger partial charge is 0.438 e. The van der Waals surface area contributed by atoms with Gasteiger partial charge in [-0.2, -0.15) is 15.1 Å². The number of aromatic nitrogens is 4. The topological polar surface area (TPSA) is 89.7 Å². The van der Waals surface area contributed by atoms with E-state index in [0.29, 0.717) is 11.0 Å². The predicted octanol–water partition coefficient (Wildman–Crippen LogP) is 2.01. The number of H-pyrrole nitrogens is 1. The molecular formula is C11H7F2N5O. The average molecular weight is 263 g/mol. The molecule has 0 saturated carbocycles. The molecule has 3 aromatic rings. The van der Waals surface area contributed by atoms with Gasteiger partial charge in [-0.25, -0.2) is 8.78 Å². The molecule has 0 bridgehead atoms. The third-order valence-electron chi connectivity index (χ3n) is 2.40. The summed E-state index contributed by atoms with van der Waals surface area (Å²) in [6.07, 6.45) is 1.45. The van der Waals surface area contributed by atoms with E-state index in [1.165, 1.54) is 12.3 Å². The van der Waals surface area contributed by atoms with Gasteiger partial charge < -0.3 is 10.5 Å². The van der Waals surface area contributed by atoms with Gasteiger partial charge in [0.2, 0.25) is 11.8 Å². The number of ether oxygens (including phenoxy) is 1. The maximum absolute atomic E-state index is 13.1. The maximum atomic E-state index is 13.1. The Hall–Kier alpha value is -2.77. The van der Waals surface area contributed by atoms with Crippen molar-refractivity contribution in [2.75, 3.05) is 5.73 Å². The molecule has 0 aliphatic heterocycles. The van der Waals surface area contributed by atoms with Crippen LogP contribution in [0.15, 0.2) is 24.4 Å². The molecule has 2 aromatic heterocycles. The monoisotopic (exact) mass is 263 g/mol. The van der Waals surface area contributed by atoms with Crippen molar-refractivity contribution < 1.29 is 13.5 Å². The van der Waals surface area contributed by atoms with Gasteiger partial charge in [0.1, 0.15) is 11.1 Å². The van der Waals surface area contributed by atoms with Crippen LogP contribution in [0.25, 0.3) is 11.0 Å². The minimum atomic E-state index is -1.01. The zero-order valence-corrected chi connectivity index (χ0v) is 9.39. The van der Waals surface area contributed by atoms with Crippen molar-refractivity contribution in [3.05, 3.63) is 36.0 Å². The summed E-state index contributed by atoms with van der Waals surface area (Å²) < 4.78 is 31.3. The molecule has 0 atom stereocenters. The predicted molar refractivity (Wildman–Crippen MR) is 62.5 cm³/mol. The zero-order valence-electron chi connectivity index (χ0n) is 9.39. The van der Waals surface area contributed by atoms with Crippen LogP contribution in [0.3, 0.4) is 0 Å². The van der Waals surface area contributed by atoms with Crippen molar-refractivity contribution in [1.82, 2.24) is 20.2 Å². The molecule has 3 rings (SSSR count). The van der Waals surface area contributed by atoms with Crippen LogP contribution >= 0.6 is 0 Å². The first-order valence-corrected chi connectivity index (χ1v) is 5.23. The highest BCUT2D eigenvalue weighted by Gasteiger charge is 2.11. The highest BCUT2D eigenvalue weighted by atomic mass is 19.2. The van der Waals surface area contributed by atoms with Gasteiger partial charge in [-0.05, 0) is 12.1 Å². The molecule has 8 heteroatoms. The van der Waals surface area contributed by atoms with Crippen LogP contribution in [0, 0.1) is 11.6 Å². The Labute approximate surface area is 105 Å². The molecule has 96 valence electrons. The Bertz CT molecular complexity index is 758. The maximum Gasteiger partial charge on any atom is 0.235 e. The molecule has 0 radical (unpaired) electrons. The normalized spacial score (nSPS) is 10.8. The van der Waals surface area contributed by atoms with Crippen molar-refractivity contribution in [2.45, 2.75) is 0 Å². The minimum absolute atomic E-state index is 0.0191. The van der Waals surface area contributed by atoms with E-state index in [0.717, 1.165) is 12.1 Å². The van der Waals surface area contributed by atoms with Crippen molar-refractivity contribution in [3.8, 4) is 11.6 Å². The number of nitrogens with one attached hydrogen (secondary N) is 1. The summed E-state index contributed by atoms with van der Waals surface area (Å²) in [7, 11) is 0. The first-order valence-electron chi connectivity index (χ1n) is 5.23. The average Bonchev–Trinajstić information content (AvgIpc) is 2.82. The van der Waals surface area contributed by atoms with E-state index in [2.05, 4.69) is 20.2 Å². The molecule has 2 heterocycles. The number of rotatable bonds is 2. The number of halogens is 2. The second-order valence-electron chi connectivity index (χ2n) is 3.70. The SMILES string of the molecule is Nc1nc(Oc2ccc(F)c(F)c2)c2cn[nH]c2n1. The highest BCUT2D eigenvalue weighted by Crippen LogP contribution is 2.27. The molecule has 19 heavy (non-hydrogen) atoms. The molecule has 0 aliphatic carbocycles. The van der Waals surface area contributed by atoms with E-state index < -0.39 is 11.6 Å². The van der Waals surface area contributed by atoms with Gasteiger partial charge in [-0.1, -0.05) is 0 Å². The van der Waals surface area contributed by atoms with Gasteiger partial charge in [0.25, 0.3) is 0 Å². The zero-order chi connectivity index (χ0) is 13.4. The smallest absolute Gasteiger partial charge is 0.235 e. The Kier molecular flexibility index (Phi) is 2.48. The summed E-state index contributed by atoms with van der Waals surface area (Å²) in [5.74, 6) is -1.78. The fourth-order valence-corrected chi connectivity index (χ4v) is 1.55. The van der Waals surface area contributed by atoms with Crippen molar-refractivity contribution in [1.29, 1.82) is 0 Å². The number of fused-ring (bicyclic) bond motifs is 1. The molecule has 0 saturated heterocycles. The van der Waals surface area contributed by atoms with E-state index in [4.69, 9.17) is 10.5 Å². The van der Waals surface area contributed by atoms with Crippen LogP contribution in [-0.4, -0.2) is 20.2 Å². The lowest BCUT2D eigenvalue weighted by atomic mass is 10.3. The van der Waals surface area contributed by atoms with Gasteiger partial charge in [-0.3, -0.25) is 5.10 Å². The summed E-state index contributed by atoms with van der Waals surface area (Å²) in [5, 5.41) is 6.88. The first kappa shape index (κ1) is 11.3. The van der Waals surface area contributed by atoms with Crippen LogP contribution in [-0.2, 0) is 0 Å². The lowest BCUT2D eigenvalue weighted by Crippen LogP contribution is -1.98. The second kappa shape index (κ2) is 4.16. The quantitative estimate of drug-likeness (QED) is 0.738. The fraction of sp³-hybridized carbons (Fsp3) is 0. The molecule has 0 unspecified atom stereocenters.